The molecule has 0 saturated heterocycles. The van der Waals surface area contributed by atoms with E-state index < -0.39 is 0 Å². The van der Waals surface area contributed by atoms with Gasteiger partial charge in [0.15, 0.2) is 0 Å². The van der Waals surface area contributed by atoms with E-state index in [9.17, 15) is 9.18 Å². The Bertz CT molecular complexity index is 1050. The highest BCUT2D eigenvalue weighted by molar-refractivity contribution is 6.30. The van der Waals surface area contributed by atoms with E-state index in [1.807, 2.05) is 61.9 Å². The highest BCUT2D eigenvalue weighted by Gasteiger charge is 2.09. The van der Waals surface area contributed by atoms with Crippen molar-refractivity contribution < 1.29 is 23.4 Å². The van der Waals surface area contributed by atoms with E-state index in [0.29, 0.717) is 44.5 Å². The molecule has 0 bridgehead atoms. The minimum Gasteiger partial charge on any atom is -0.380 e. The molecule has 6 nitrogen and oxygen atoms in total. The Hall–Kier alpha value is -2.29. The van der Waals surface area contributed by atoms with Gasteiger partial charge in [0.05, 0.1) is 17.7 Å². The lowest BCUT2D eigenvalue weighted by molar-refractivity contribution is -0.112. The molecule has 0 spiro atoms. The Balaban J connectivity index is 0.000000678. The van der Waals surface area contributed by atoms with Crippen molar-refractivity contribution in [1.29, 1.82) is 0 Å². The van der Waals surface area contributed by atoms with Gasteiger partial charge < -0.3 is 28.9 Å². The molecule has 0 amide bonds. The number of methoxy groups -OCH3 is 1. The fourth-order valence-electron chi connectivity index (χ4n) is 3.27. The summed E-state index contributed by atoms with van der Waals surface area (Å²) in [5, 5.41) is 5.04. The molecule has 0 saturated carbocycles. The summed E-state index contributed by atoms with van der Waals surface area (Å²) in [5.74, 6) is -0.248. The van der Waals surface area contributed by atoms with Gasteiger partial charge in [0, 0.05) is 56.6 Å². The number of benzene rings is 2. The number of hydrogen-bond donors (Lipinski definition) is 1. The number of aldehydes is 1. The van der Waals surface area contributed by atoms with Crippen molar-refractivity contribution in [2.24, 2.45) is 0 Å². The molecule has 1 heterocycles. The van der Waals surface area contributed by atoms with Crippen LogP contribution in [-0.4, -0.2) is 56.5 Å². The molecular formula is C28H38ClFN2O4. The highest BCUT2D eigenvalue weighted by atomic mass is 35.5. The molecule has 0 aliphatic rings. The second-order valence-electron chi connectivity index (χ2n) is 9.27. The molecule has 1 N–H and O–H groups in total. The van der Waals surface area contributed by atoms with Crippen LogP contribution >= 0.6 is 11.6 Å². The first-order valence-electron chi connectivity index (χ1n) is 12.1. The third-order valence-electron chi connectivity index (χ3n) is 5.32. The molecule has 3 aromatic rings. The zero-order chi connectivity index (χ0) is 26.4. The monoisotopic (exact) mass is 520 g/mol. The number of nitrogens with one attached hydrogen (secondary N) is 1. The first kappa shape index (κ1) is 29.9. The average molecular weight is 521 g/mol. The molecule has 0 aliphatic carbocycles. The summed E-state index contributed by atoms with van der Waals surface area (Å²) in [7, 11) is 1.71. The number of halogens is 2. The third-order valence-corrected chi connectivity index (χ3v) is 5.57. The lowest BCUT2D eigenvalue weighted by Crippen LogP contribution is -2.20. The molecule has 8 heteroatoms. The smallest absolute Gasteiger partial charge is 0.145 e. The van der Waals surface area contributed by atoms with Crippen molar-refractivity contribution in [2.75, 3.05) is 40.1 Å². The van der Waals surface area contributed by atoms with E-state index in [4.69, 9.17) is 25.8 Å². The summed E-state index contributed by atoms with van der Waals surface area (Å²) in [6.45, 7) is 9.73. The molecule has 0 aliphatic heterocycles. The average Bonchev–Trinajstić information content (AvgIpc) is 3.24. The van der Waals surface area contributed by atoms with Crippen molar-refractivity contribution in [3.63, 3.8) is 0 Å². The van der Waals surface area contributed by atoms with Gasteiger partial charge in [-0.15, -0.1) is 0 Å². The van der Waals surface area contributed by atoms with E-state index in [-0.39, 0.29) is 18.0 Å². The van der Waals surface area contributed by atoms with Crippen molar-refractivity contribution in [2.45, 2.75) is 45.9 Å². The maximum atomic E-state index is 14.2. The second kappa shape index (κ2) is 15.7. The maximum absolute atomic E-state index is 14.2. The Labute approximate surface area is 218 Å². The van der Waals surface area contributed by atoms with Crippen LogP contribution in [0.25, 0.3) is 10.9 Å². The predicted molar refractivity (Wildman–Crippen MR) is 143 cm³/mol. The van der Waals surface area contributed by atoms with Crippen LogP contribution in [0.5, 0.6) is 0 Å². The first-order valence-corrected chi connectivity index (χ1v) is 12.5. The van der Waals surface area contributed by atoms with Crippen LogP contribution in [0, 0.1) is 5.82 Å². The summed E-state index contributed by atoms with van der Waals surface area (Å²) >= 11 is 5.95. The van der Waals surface area contributed by atoms with Crippen LogP contribution in [-0.2, 0) is 32.1 Å². The zero-order valence-electron chi connectivity index (χ0n) is 21.7. The lowest BCUT2D eigenvalue weighted by atomic mass is 10.1. The number of carbonyl (C=O) groups is 1. The van der Waals surface area contributed by atoms with Gasteiger partial charge in [0.2, 0.25) is 0 Å². The zero-order valence-corrected chi connectivity index (χ0v) is 22.4. The molecule has 2 aromatic carbocycles. The van der Waals surface area contributed by atoms with Crippen molar-refractivity contribution in [3.8, 4) is 0 Å². The van der Waals surface area contributed by atoms with Crippen LogP contribution in [0.15, 0.2) is 48.7 Å². The number of aromatic nitrogens is 1. The lowest BCUT2D eigenvalue weighted by Gasteiger charge is -2.14. The van der Waals surface area contributed by atoms with Gasteiger partial charge in [-0.3, -0.25) is 0 Å². The molecule has 0 atom stereocenters. The normalized spacial score (nSPS) is 11.4. The Morgan fingerprint density at radius 1 is 1.06 bits per heavy atom. The fraction of sp³-hybridized carbons (Fsp3) is 0.464. The standard InChI is InChI=1S/C23H26ClFN2O3.C5H12O/c24-20-4-2-18(3-5-20)17-27-8-6-22-19(14-21(25)15-23(22)27)16-26-7-12-29-10-1-11-30-13-9-28;1-5(2,3)6-4/h2-6,8-9,14-15,26H,1,7,10-13,16-17H2;1-4H3. The van der Waals surface area contributed by atoms with Crippen molar-refractivity contribution >= 4 is 28.8 Å². The number of hydrogen-bond acceptors (Lipinski definition) is 5. The summed E-state index contributed by atoms with van der Waals surface area (Å²) in [6.07, 6.45) is 3.47. The van der Waals surface area contributed by atoms with Gasteiger partial charge in [0.1, 0.15) is 18.7 Å². The summed E-state index contributed by atoms with van der Waals surface area (Å²) < 4.78 is 31.8. The third kappa shape index (κ3) is 11.2. The molecule has 0 fully saturated rings. The molecule has 36 heavy (non-hydrogen) atoms. The molecule has 0 radical (unpaired) electrons. The van der Waals surface area contributed by atoms with E-state index in [2.05, 4.69) is 5.32 Å². The Morgan fingerprint density at radius 3 is 2.42 bits per heavy atom. The quantitative estimate of drug-likeness (QED) is 0.234. The van der Waals surface area contributed by atoms with Gasteiger partial charge in [0.25, 0.3) is 0 Å². The molecular weight excluding hydrogens is 483 g/mol. The fourth-order valence-corrected chi connectivity index (χ4v) is 3.39. The first-order chi connectivity index (χ1) is 17.2. The number of ether oxygens (including phenoxy) is 3. The van der Waals surface area contributed by atoms with Gasteiger partial charge >= 0.3 is 0 Å². The van der Waals surface area contributed by atoms with Crippen LogP contribution in [0.3, 0.4) is 0 Å². The van der Waals surface area contributed by atoms with Crippen LogP contribution in [0.2, 0.25) is 5.02 Å². The molecule has 3 rings (SSSR count). The minimum atomic E-state index is -0.248. The Morgan fingerprint density at radius 2 is 1.75 bits per heavy atom. The van der Waals surface area contributed by atoms with E-state index >= 15 is 0 Å². The molecule has 1 aromatic heterocycles. The summed E-state index contributed by atoms with van der Waals surface area (Å²) in [5.41, 5.74) is 2.94. The van der Waals surface area contributed by atoms with Crippen molar-refractivity contribution in [1.82, 2.24) is 9.88 Å². The number of carbonyl (C=O) groups excluding carboxylic acids is 1. The topological polar surface area (TPSA) is 61.7 Å². The highest BCUT2D eigenvalue weighted by Crippen LogP contribution is 2.23. The number of fused-ring (bicyclic) bond motifs is 1. The maximum Gasteiger partial charge on any atom is 0.145 e. The number of nitrogens with zero attached hydrogens (tertiary/aromatic N) is 1. The molecule has 198 valence electrons. The van der Waals surface area contributed by atoms with Crippen molar-refractivity contribution in [3.05, 3.63) is 70.6 Å². The Kier molecular flexibility index (Phi) is 13.1. The molecule has 0 unspecified atom stereocenters. The van der Waals surface area contributed by atoms with Gasteiger partial charge in [-0.05, 0) is 68.7 Å². The van der Waals surface area contributed by atoms with E-state index in [0.717, 1.165) is 34.7 Å². The van der Waals surface area contributed by atoms with Crippen LogP contribution in [0.1, 0.15) is 38.3 Å². The van der Waals surface area contributed by atoms with Gasteiger partial charge in [-0.25, -0.2) is 4.39 Å². The van der Waals surface area contributed by atoms with Gasteiger partial charge in [-0.2, -0.15) is 0 Å². The van der Waals surface area contributed by atoms with E-state index in [1.165, 1.54) is 0 Å². The van der Waals surface area contributed by atoms with Crippen LogP contribution < -0.4 is 5.32 Å². The predicted octanol–water partition coefficient (Wildman–Crippen LogP) is 5.63. The summed E-state index contributed by atoms with van der Waals surface area (Å²) in [4.78, 5) is 10.1. The van der Waals surface area contributed by atoms with E-state index in [1.54, 1.807) is 19.2 Å². The van der Waals surface area contributed by atoms with Crippen LogP contribution in [0.4, 0.5) is 4.39 Å². The minimum absolute atomic E-state index is 0.0417. The second-order valence-corrected chi connectivity index (χ2v) is 9.71. The largest absolute Gasteiger partial charge is 0.380 e. The van der Waals surface area contributed by atoms with Gasteiger partial charge in [-0.1, -0.05) is 23.7 Å². The summed E-state index contributed by atoms with van der Waals surface area (Å²) in [6, 6.07) is 12.8. The number of rotatable bonds is 13. The SMILES string of the molecule is COC(C)(C)C.O=CCOCCCOCCNCc1cc(F)cc2c1ccn2Cc1ccc(Cl)cc1.